The van der Waals surface area contributed by atoms with Crippen LogP contribution in [0, 0.1) is 0 Å². The van der Waals surface area contributed by atoms with Crippen molar-refractivity contribution in [3.63, 3.8) is 0 Å². The van der Waals surface area contributed by atoms with E-state index in [9.17, 15) is 13.2 Å². The summed E-state index contributed by atoms with van der Waals surface area (Å²) in [5, 5.41) is 0. The SMILES string of the molecule is CC(C)(NS(=O)(=O)c1ccc(Br)s1)C(N)=O. The third kappa shape index (κ3) is 3.03. The molecule has 0 fully saturated rings. The van der Waals surface area contributed by atoms with Crippen molar-refractivity contribution in [1.29, 1.82) is 0 Å². The zero-order valence-corrected chi connectivity index (χ0v) is 11.9. The minimum atomic E-state index is -3.70. The van der Waals surface area contributed by atoms with E-state index in [2.05, 4.69) is 20.7 Å². The lowest BCUT2D eigenvalue weighted by Crippen LogP contribution is -2.52. The molecule has 1 aromatic heterocycles. The molecule has 16 heavy (non-hydrogen) atoms. The molecular weight excluding hydrogens is 316 g/mol. The quantitative estimate of drug-likeness (QED) is 0.866. The van der Waals surface area contributed by atoms with Gasteiger partial charge in [0.05, 0.1) is 3.79 Å². The third-order valence-corrected chi connectivity index (χ3v) is 5.59. The van der Waals surface area contributed by atoms with Gasteiger partial charge in [0.25, 0.3) is 10.0 Å². The minimum absolute atomic E-state index is 0.133. The molecule has 5 nitrogen and oxygen atoms in total. The molecule has 1 rings (SSSR count). The van der Waals surface area contributed by atoms with E-state index in [0.29, 0.717) is 3.79 Å². The molecule has 8 heteroatoms. The number of thiophene rings is 1. The van der Waals surface area contributed by atoms with Crippen molar-refractivity contribution >= 4 is 43.2 Å². The van der Waals surface area contributed by atoms with E-state index in [1.54, 1.807) is 6.07 Å². The second-order valence-electron chi connectivity index (χ2n) is 3.65. The van der Waals surface area contributed by atoms with E-state index in [1.165, 1.54) is 19.9 Å². The summed E-state index contributed by atoms with van der Waals surface area (Å²) in [7, 11) is -3.70. The summed E-state index contributed by atoms with van der Waals surface area (Å²) < 4.78 is 26.8. The molecule has 0 saturated carbocycles. The maximum absolute atomic E-state index is 11.8. The number of carbonyl (C=O) groups excluding carboxylic acids is 1. The number of carbonyl (C=O) groups is 1. The molecule has 0 unspecified atom stereocenters. The van der Waals surface area contributed by atoms with Crippen molar-refractivity contribution in [2.75, 3.05) is 0 Å². The summed E-state index contributed by atoms with van der Waals surface area (Å²) >= 11 is 4.23. The number of primary amides is 1. The lowest BCUT2D eigenvalue weighted by atomic mass is 10.1. The van der Waals surface area contributed by atoms with Crippen molar-refractivity contribution in [2.45, 2.75) is 23.6 Å². The fourth-order valence-corrected chi connectivity index (χ4v) is 4.27. The van der Waals surface area contributed by atoms with Gasteiger partial charge in [-0.05, 0) is 41.9 Å². The largest absolute Gasteiger partial charge is 0.368 e. The average Bonchev–Trinajstić information content (AvgIpc) is 2.50. The number of hydrogen-bond donors (Lipinski definition) is 2. The lowest BCUT2D eigenvalue weighted by molar-refractivity contribution is -0.122. The minimum Gasteiger partial charge on any atom is -0.368 e. The number of sulfonamides is 1. The van der Waals surface area contributed by atoms with Gasteiger partial charge in [0.15, 0.2) is 0 Å². The molecule has 0 aliphatic rings. The van der Waals surface area contributed by atoms with Crippen molar-refractivity contribution in [1.82, 2.24) is 4.72 Å². The Balaban J connectivity index is 3.02. The monoisotopic (exact) mass is 326 g/mol. The predicted octanol–water partition coefficient (Wildman–Crippen LogP) is 1.05. The third-order valence-electron chi connectivity index (χ3n) is 1.82. The Kier molecular flexibility index (Phi) is 3.78. The van der Waals surface area contributed by atoms with Crippen molar-refractivity contribution in [2.24, 2.45) is 5.73 Å². The van der Waals surface area contributed by atoms with E-state index in [1.807, 2.05) is 0 Å². The summed E-state index contributed by atoms with van der Waals surface area (Å²) in [5.41, 5.74) is 3.78. The molecular formula is C8H11BrN2O3S2. The molecule has 3 N–H and O–H groups in total. The average molecular weight is 327 g/mol. The first-order valence-electron chi connectivity index (χ1n) is 4.24. The number of nitrogens with one attached hydrogen (secondary N) is 1. The predicted molar refractivity (Wildman–Crippen MR) is 65.6 cm³/mol. The number of halogens is 1. The zero-order chi connectivity index (χ0) is 12.6. The Morgan fingerprint density at radius 2 is 2.06 bits per heavy atom. The first kappa shape index (κ1) is 13.6. The van der Waals surface area contributed by atoms with Gasteiger partial charge in [-0.1, -0.05) is 0 Å². The number of nitrogens with two attached hydrogens (primary N) is 1. The van der Waals surface area contributed by atoms with Gasteiger partial charge in [0, 0.05) is 0 Å². The second-order valence-corrected chi connectivity index (χ2v) is 8.03. The zero-order valence-electron chi connectivity index (χ0n) is 8.65. The van der Waals surface area contributed by atoms with Crippen LogP contribution < -0.4 is 10.5 Å². The molecule has 0 radical (unpaired) electrons. The lowest BCUT2D eigenvalue weighted by Gasteiger charge is -2.21. The topological polar surface area (TPSA) is 89.3 Å². The summed E-state index contributed by atoms with van der Waals surface area (Å²) in [4.78, 5) is 11.0. The van der Waals surface area contributed by atoms with Gasteiger partial charge in [0.2, 0.25) is 5.91 Å². The van der Waals surface area contributed by atoms with Crippen LogP contribution in [0.15, 0.2) is 20.1 Å². The standard InChI is InChI=1S/C8H11BrN2O3S2/c1-8(2,7(10)12)11-16(13,14)6-4-3-5(9)15-6/h3-4,11H,1-2H3,(H2,10,12). The highest BCUT2D eigenvalue weighted by molar-refractivity contribution is 9.11. The van der Waals surface area contributed by atoms with Crippen LogP contribution in [-0.2, 0) is 14.8 Å². The first-order valence-corrected chi connectivity index (χ1v) is 7.33. The number of rotatable bonds is 4. The molecule has 0 saturated heterocycles. The summed E-state index contributed by atoms with van der Waals surface area (Å²) in [6.45, 7) is 2.82. The van der Waals surface area contributed by atoms with Crippen molar-refractivity contribution in [3.05, 3.63) is 15.9 Å². The molecule has 0 aliphatic carbocycles. The highest BCUT2D eigenvalue weighted by Gasteiger charge is 2.31. The van der Waals surface area contributed by atoms with Crippen LogP contribution in [0.5, 0.6) is 0 Å². The van der Waals surface area contributed by atoms with Gasteiger partial charge >= 0.3 is 0 Å². The van der Waals surface area contributed by atoms with Crippen molar-refractivity contribution in [3.8, 4) is 0 Å². The van der Waals surface area contributed by atoms with Crippen LogP contribution in [0.3, 0.4) is 0 Å². The smallest absolute Gasteiger partial charge is 0.251 e. The first-order chi connectivity index (χ1) is 7.15. The molecule has 0 aromatic carbocycles. The summed E-state index contributed by atoms with van der Waals surface area (Å²) in [6, 6.07) is 3.07. The van der Waals surface area contributed by atoms with Crippen LogP contribution in [0.2, 0.25) is 0 Å². The van der Waals surface area contributed by atoms with Crippen LogP contribution in [0.4, 0.5) is 0 Å². The molecule has 0 aliphatic heterocycles. The van der Waals surface area contributed by atoms with E-state index in [4.69, 9.17) is 5.73 Å². The summed E-state index contributed by atoms with van der Waals surface area (Å²) in [6.07, 6.45) is 0. The number of amides is 1. The highest BCUT2D eigenvalue weighted by atomic mass is 79.9. The Labute approximate surface area is 106 Å². The van der Waals surface area contributed by atoms with Gasteiger partial charge in [-0.15, -0.1) is 11.3 Å². The molecule has 90 valence electrons. The van der Waals surface area contributed by atoms with Crippen LogP contribution in [0.25, 0.3) is 0 Å². The van der Waals surface area contributed by atoms with Crippen LogP contribution >= 0.6 is 27.3 Å². The highest BCUT2D eigenvalue weighted by Crippen LogP contribution is 2.26. The van der Waals surface area contributed by atoms with Gasteiger partial charge in [-0.25, -0.2) is 8.42 Å². The molecule has 0 spiro atoms. The molecule has 1 heterocycles. The van der Waals surface area contributed by atoms with Crippen LogP contribution in [-0.4, -0.2) is 19.9 Å². The summed E-state index contributed by atoms with van der Waals surface area (Å²) in [5.74, 6) is -0.730. The fourth-order valence-electron chi connectivity index (χ4n) is 0.879. The Bertz CT molecular complexity index is 507. The van der Waals surface area contributed by atoms with E-state index < -0.39 is 21.5 Å². The van der Waals surface area contributed by atoms with Crippen molar-refractivity contribution < 1.29 is 13.2 Å². The van der Waals surface area contributed by atoms with E-state index >= 15 is 0 Å². The van der Waals surface area contributed by atoms with E-state index in [-0.39, 0.29) is 4.21 Å². The van der Waals surface area contributed by atoms with Gasteiger partial charge in [-0.2, -0.15) is 4.72 Å². The Morgan fingerprint density at radius 1 is 1.50 bits per heavy atom. The normalized spacial score (nSPS) is 12.7. The van der Waals surface area contributed by atoms with Gasteiger partial charge < -0.3 is 5.73 Å². The van der Waals surface area contributed by atoms with E-state index in [0.717, 1.165) is 11.3 Å². The van der Waals surface area contributed by atoms with Gasteiger partial charge in [0.1, 0.15) is 9.75 Å². The molecule has 1 aromatic rings. The molecule has 0 atom stereocenters. The molecule has 1 amide bonds. The fraction of sp³-hybridized carbons (Fsp3) is 0.375. The maximum atomic E-state index is 11.8. The molecule has 0 bridgehead atoms. The van der Waals surface area contributed by atoms with Crippen LogP contribution in [0.1, 0.15) is 13.8 Å². The maximum Gasteiger partial charge on any atom is 0.251 e. The Hall–Kier alpha value is -0.440. The Morgan fingerprint density at radius 3 is 2.44 bits per heavy atom. The van der Waals surface area contributed by atoms with Gasteiger partial charge in [-0.3, -0.25) is 4.79 Å². The number of hydrogen-bond acceptors (Lipinski definition) is 4. The second kappa shape index (κ2) is 4.44.